The van der Waals surface area contributed by atoms with Crippen molar-refractivity contribution in [3.05, 3.63) is 47.9 Å². The third kappa shape index (κ3) is 3.81. The van der Waals surface area contributed by atoms with Crippen LogP contribution in [0.4, 0.5) is 17.5 Å². The molecule has 0 aromatic carbocycles. The van der Waals surface area contributed by atoms with E-state index in [0.29, 0.717) is 22.7 Å². The van der Waals surface area contributed by atoms with Gasteiger partial charge in [-0.05, 0) is 74.1 Å². The number of carbonyl (C=O) groups is 1. The standard InChI is InChI=1S/C26H31N7O/c1-31(2)24(34)21-15-20-17-28-25(30-33(20)23(21)18-5-3-4-6-18)29-22-8-7-19(16-27-22)32-13-11-26(9-10-26)12-14-32/h5,7-8,15-17H,3-4,6,9-14H2,1-2H3,(H,27,29,30). The zero-order valence-corrected chi connectivity index (χ0v) is 19.9. The van der Waals surface area contributed by atoms with Gasteiger partial charge in [0, 0.05) is 27.2 Å². The van der Waals surface area contributed by atoms with Crippen molar-refractivity contribution in [3.63, 3.8) is 0 Å². The van der Waals surface area contributed by atoms with Crippen LogP contribution in [-0.2, 0) is 0 Å². The lowest BCUT2D eigenvalue weighted by atomic mass is 9.93. The number of hydrogen-bond acceptors (Lipinski definition) is 6. The lowest BCUT2D eigenvalue weighted by Gasteiger charge is -2.33. The quantitative estimate of drug-likeness (QED) is 0.607. The Balaban J connectivity index is 1.25. The average molecular weight is 458 g/mol. The molecule has 1 aliphatic heterocycles. The van der Waals surface area contributed by atoms with E-state index < -0.39 is 0 Å². The van der Waals surface area contributed by atoms with Gasteiger partial charge >= 0.3 is 0 Å². The van der Waals surface area contributed by atoms with Gasteiger partial charge in [-0.2, -0.15) is 0 Å². The smallest absolute Gasteiger partial charge is 0.255 e. The zero-order valence-electron chi connectivity index (χ0n) is 19.9. The molecule has 1 spiro atoms. The normalized spacial score (nSPS) is 18.9. The summed E-state index contributed by atoms with van der Waals surface area (Å²) in [6, 6.07) is 6.00. The Morgan fingerprint density at radius 3 is 2.56 bits per heavy atom. The summed E-state index contributed by atoms with van der Waals surface area (Å²) in [5.41, 5.74) is 5.36. The number of piperidine rings is 1. The number of allylic oxidation sites excluding steroid dienone is 2. The first-order valence-electron chi connectivity index (χ1n) is 12.3. The topological polar surface area (TPSA) is 78.7 Å². The van der Waals surface area contributed by atoms with Crippen LogP contribution in [0.5, 0.6) is 0 Å². The summed E-state index contributed by atoms with van der Waals surface area (Å²) >= 11 is 0. The second-order valence-corrected chi connectivity index (χ2v) is 10.2. The Morgan fingerprint density at radius 1 is 1.09 bits per heavy atom. The highest BCUT2D eigenvalue weighted by atomic mass is 16.2. The fourth-order valence-electron chi connectivity index (χ4n) is 5.30. The predicted octanol–water partition coefficient (Wildman–Crippen LogP) is 4.52. The largest absolute Gasteiger partial charge is 0.370 e. The van der Waals surface area contributed by atoms with Gasteiger partial charge in [-0.25, -0.2) is 14.5 Å². The third-order valence-electron chi connectivity index (χ3n) is 7.63. The molecular weight excluding hydrogens is 426 g/mol. The minimum absolute atomic E-state index is 0.0228. The van der Waals surface area contributed by atoms with Crippen molar-refractivity contribution in [1.82, 2.24) is 24.5 Å². The van der Waals surface area contributed by atoms with E-state index in [0.717, 1.165) is 43.6 Å². The first-order chi connectivity index (χ1) is 16.5. The fraction of sp³-hybridized carbons (Fsp3) is 0.462. The van der Waals surface area contributed by atoms with Crippen LogP contribution in [0.25, 0.3) is 11.1 Å². The Kier molecular flexibility index (Phi) is 5.04. The van der Waals surface area contributed by atoms with E-state index in [2.05, 4.69) is 32.3 Å². The number of fused-ring (bicyclic) bond motifs is 1. The van der Waals surface area contributed by atoms with Crippen LogP contribution in [0, 0.1) is 5.41 Å². The average Bonchev–Trinajstić information content (AvgIpc) is 3.22. The van der Waals surface area contributed by atoms with Crippen molar-refractivity contribution >= 4 is 34.5 Å². The van der Waals surface area contributed by atoms with Crippen LogP contribution < -0.4 is 10.2 Å². The fourth-order valence-corrected chi connectivity index (χ4v) is 5.30. The molecule has 2 fully saturated rings. The number of hydrogen-bond donors (Lipinski definition) is 1. The van der Waals surface area contributed by atoms with Crippen LogP contribution in [0.2, 0.25) is 0 Å². The number of aromatic nitrogens is 4. The van der Waals surface area contributed by atoms with E-state index in [-0.39, 0.29) is 5.91 Å². The zero-order chi connectivity index (χ0) is 23.3. The van der Waals surface area contributed by atoms with Gasteiger partial charge in [0.05, 0.1) is 34.9 Å². The molecule has 1 N–H and O–H groups in total. The second-order valence-electron chi connectivity index (χ2n) is 10.2. The van der Waals surface area contributed by atoms with Crippen LogP contribution in [-0.4, -0.2) is 57.6 Å². The summed E-state index contributed by atoms with van der Waals surface area (Å²) in [5, 5.41) is 7.99. The number of rotatable bonds is 5. The van der Waals surface area contributed by atoms with Gasteiger partial charge in [0.25, 0.3) is 5.91 Å². The molecule has 6 rings (SSSR count). The highest BCUT2D eigenvalue weighted by molar-refractivity contribution is 6.00. The number of amides is 1. The molecule has 3 aromatic rings. The number of pyridine rings is 1. The molecule has 0 radical (unpaired) electrons. The number of carbonyl (C=O) groups excluding carboxylic acids is 1. The van der Waals surface area contributed by atoms with E-state index in [1.54, 1.807) is 25.2 Å². The van der Waals surface area contributed by atoms with Crippen LogP contribution in [0.15, 0.2) is 36.7 Å². The van der Waals surface area contributed by atoms with Crippen molar-refractivity contribution in [2.24, 2.45) is 5.41 Å². The summed E-state index contributed by atoms with van der Waals surface area (Å²) in [6.45, 7) is 2.24. The van der Waals surface area contributed by atoms with Gasteiger partial charge in [-0.1, -0.05) is 6.08 Å². The van der Waals surface area contributed by atoms with Gasteiger partial charge in [0.15, 0.2) is 0 Å². The van der Waals surface area contributed by atoms with Crippen molar-refractivity contribution in [3.8, 4) is 0 Å². The maximum Gasteiger partial charge on any atom is 0.255 e. The van der Waals surface area contributed by atoms with Crippen LogP contribution >= 0.6 is 0 Å². The second kappa shape index (κ2) is 8.11. The Hall–Kier alpha value is -3.42. The number of nitrogens with one attached hydrogen (secondary N) is 1. The maximum atomic E-state index is 12.9. The molecule has 176 valence electrons. The minimum atomic E-state index is -0.0228. The van der Waals surface area contributed by atoms with Gasteiger partial charge < -0.3 is 15.1 Å². The van der Waals surface area contributed by atoms with Gasteiger partial charge in [0.2, 0.25) is 5.95 Å². The third-order valence-corrected chi connectivity index (χ3v) is 7.63. The molecule has 3 aromatic heterocycles. The SMILES string of the molecule is CN(C)C(=O)c1cc2cnc(Nc3ccc(N4CCC5(CC4)CC5)cn3)nn2c1C1=CCCC1. The van der Waals surface area contributed by atoms with Crippen molar-refractivity contribution < 1.29 is 4.79 Å². The summed E-state index contributed by atoms with van der Waals surface area (Å²) in [4.78, 5) is 26.0. The van der Waals surface area contributed by atoms with E-state index in [9.17, 15) is 4.79 Å². The summed E-state index contributed by atoms with van der Waals surface area (Å²) in [5.74, 6) is 1.14. The first-order valence-corrected chi connectivity index (χ1v) is 12.3. The molecule has 1 saturated carbocycles. The maximum absolute atomic E-state index is 12.9. The van der Waals surface area contributed by atoms with E-state index >= 15 is 0 Å². The van der Waals surface area contributed by atoms with E-state index in [4.69, 9.17) is 5.10 Å². The lowest BCUT2D eigenvalue weighted by Crippen LogP contribution is -2.34. The molecule has 1 amide bonds. The van der Waals surface area contributed by atoms with Crippen molar-refractivity contribution in [2.75, 3.05) is 37.4 Å². The van der Waals surface area contributed by atoms with E-state index in [1.807, 2.05) is 22.8 Å². The molecule has 2 aliphatic carbocycles. The van der Waals surface area contributed by atoms with Crippen molar-refractivity contribution in [1.29, 1.82) is 0 Å². The highest BCUT2D eigenvalue weighted by Gasteiger charge is 2.44. The summed E-state index contributed by atoms with van der Waals surface area (Å²) < 4.78 is 1.85. The van der Waals surface area contributed by atoms with Gasteiger partial charge in [0.1, 0.15) is 5.82 Å². The highest BCUT2D eigenvalue weighted by Crippen LogP contribution is 2.53. The Labute approximate surface area is 199 Å². The van der Waals surface area contributed by atoms with Crippen LogP contribution in [0.3, 0.4) is 0 Å². The van der Waals surface area contributed by atoms with Gasteiger partial charge in [-0.3, -0.25) is 4.79 Å². The molecule has 3 aliphatic rings. The van der Waals surface area contributed by atoms with Crippen LogP contribution in [0.1, 0.15) is 61.0 Å². The molecule has 0 unspecified atom stereocenters. The molecule has 0 atom stereocenters. The molecular formula is C26H31N7O. The van der Waals surface area contributed by atoms with E-state index in [1.165, 1.54) is 36.9 Å². The lowest BCUT2D eigenvalue weighted by molar-refractivity contribution is 0.0827. The molecule has 8 nitrogen and oxygen atoms in total. The van der Waals surface area contributed by atoms with Gasteiger partial charge in [-0.15, -0.1) is 5.10 Å². The molecule has 1 saturated heterocycles. The summed E-state index contributed by atoms with van der Waals surface area (Å²) in [7, 11) is 3.55. The Morgan fingerprint density at radius 2 is 1.91 bits per heavy atom. The predicted molar refractivity (Wildman–Crippen MR) is 133 cm³/mol. The summed E-state index contributed by atoms with van der Waals surface area (Å²) in [6.07, 6.45) is 14.4. The molecule has 4 heterocycles. The Bertz CT molecular complexity index is 1260. The van der Waals surface area contributed by atoms with Crippen molar-refractivity contribution in [2.45, 2.75) is 44.9 Å². The molecule has 34 heavy (non-hydrogen) atoms. The first kappa shape index (κ1) is 21.1. The number of nitrogens with zero attached hydrogens (tertiary/aromatic N) is 6. The minimum Gasteiger partial charge on any atom is -0.370 e. The molecule has 0 bridgehead atoms. The monoisotopic (exact) mass is 457 g/mol. The number of anilines is 3. The molecule has 8 heteroatoms.